The summed E-state index contributed by atoms with van der Waals surface area (Å²) in [5.41, 5.74) is -1.09. The van der Waals surface area contributed by atoms with Gasteiger partial charge in [-0.2, -0.15) is 9.57 Å². The lowest BCUT2D eigenvalue weighted by Gasteiger charge is -2.30. The highest BCUT2D eigenvalue weighted by Gasteiger charge is 2.45. The van der Waals surface area contributed by atoms with Gasteiger partial charge in [0.2, 0.25) is 10.0 Å². The molecule has 1 atom stereocenters. The van der Waals surface area contributed by atoms with Crippen molar-refractivity contribution in [3.05, 3.63) is 30.3 Å². The second-order valence-electron chi connectivity index (χ2n) is 4.23. The molecule has 0 unspecified atom stereocenters. The van der Waals surface area contributed by atoms with Gasteiger partial charge in [0.25, 0.3) is 0 Å². The highest BCUT2D eigenvalue weighted by atomic mass is 32.2. The molecule has 6 heteroatoms. The van der Waals surface area contributed by atoms with Gasteiger partial charge in [0, 0.05) is 20.1 Å². The molecule has 0 N–H and O–H groups in total. The Balaban J connectivity index is 2.40. The van der Waals surface area contributed by atoms with Crippen molar-refractivity contribution in [3.8, 4) is 6.07 Å². The van der Waals surface area contributed by atoms with Crippen molar-refractivity contribution in [2.45, 2.75) is 16.9 Å². The van der Waals surface area contributed by atoms with E-state index in [4.69, 9.17) is 4.74 Å². The minimum absolute atomic E-state index is 0.117. The summed E-state index contributed by atoms with van der Waals surface area (Å²) < 4.78 is 31.1. The summed E-state index contributed by atoms with van der Waals surface area (Å²) in [6.07, 6.45) is 0.395. The number of hydrogen-bond acceptors (Lipinski definition) is 4. The molecule has 1 aliphatic rings. The summed E-state index contributed by atoms with van der Waals surface area (Å²) in [7, 11) is -2.23. The van der Waals surface area contributed by atoms with Crippen LogP contribution >= 0.6 is 0 Å². The Bertz CT molecular complexity index is 557. The molecule has 1 aliphatic heterocycles. The van der Waals surface area contributed by atoms with E-state index >= 15 is 0 Å². The van der Waals surface area contributed by atoms with Crippen molar-refractivity contribution < 1.29 is 13.2 Å². The molecule has 1 aromatic rings. The first-order valence-corrected chi connectivity index (χ1v) is 7.00. The number of nitriles is 1. The van der Waals surface area contributed by atoms with Gasteiger partial charge < -0.3 is 4.74 Å². The fraction of sp³-hybridized carbons (Fsp3) is 0.417. The van der Waals surface area contributed by atoms with Crippen LogP contribution in [0.15, 0.2) is 35.2 Å². The Morgan fingerprint density at radius 2 is 2.06 bits per heavy atom. The maximum Gasteiger partial charge on any atom is 0.244 e. The Labute approximate surface area is 107 Å². The van der Waals surface area contributed by atoms with Crippen LogP contribution in [0, 0.1) is 11.3 Å². The first-order chi connectivity index (χ1) is 8.53. The third-order valence-corrected chi connectivity index (χ3v) is 5.15. The van der Waals surface area contributed by atoms with E-state index in [1.54, 1.807) is 18.2 Å². The standard InChI is InChI=1S/C12H14N2O3S/c1-14(12(9-13)7-8-17-10-12)18(15,16)11-5-3-2-4-6-11/h2-6H,7-8,10H2,1H3/t12-/m0/s1. The van der Waals surface area contributed by atoms with Gasteiger partial charge in [-0.05, 0) is 12.1 Å². The summed E-state index contributed by atoms with van der Waals surface area (Å²) in [5.74, 6) is 0. The predicted octanol–water partition coefficient (Wildman–Crippen LogP) is 0.990. The second-order valence-corrected chi connectivity index (χ2v) is 6.20. The molecular weight excluding hydrogens is 252 g/mol. The number of nitrogens with zero attached hydrogens (tertiary/aromatic N) is 2. The Morgan fingerprint density at radius 1 is 1.39 bits per heavy atom. The molecule has 1 aromatic carbocycles. The van der Waals surface area contributed by atoms with Gasteiger partial charge in [0.05, 0.1) is 17.6 Å². The molecule has 0 amide bonds. The van der Waals surface area contributed by atoms with Gasteiger partial charge in [0.1, 0.15) is 5.54 Å². The van der Waals surface area contributed by atoms with Crippen molar-refractivity contribution in [1.29, 1.82) is 5.26 Å². The zero-order chi connectivity index (χ0) is 13.2. The third kappa shape index (κ3) is 2.01. The Hall–Kier alpha value is -1.42. The van der Waals surface area contributed by atoms with Crippen LogP contribution in [0.1, 0.15) is 6.42 Å². The first kappa shape index (κ1) is 13.0. The number of sulfonamides is 1. The minimum atomic E-state index is -3.66. The molecule has 0 spiro atoms. The van der Waals surface area contributed by atoms with E-state index in [9.17, 15) is 13.7 Å². The monoisotopic (exact) mass is 266 g/mol. The van der Waals surface area contributed by atoms with Gasteiger partial charge in [-0.25, -0.2) is 8.42 Å². The summed E-state index contributed by atoms with van der Waals surface area (Å²) in [6.45, 7) is 0.522. The molecule has 5 nitrogen and oxygen atoms in total. The van der Waals surface area contributed by atoms with E-state index in [1.165, 1.54) is 19.2 Å². The Morgan fingerprint density at radius 3 is 2.56 bits per heavy atom. The van der Waals surface area contributed by atoms with Gasteiger partial charge >= 0.3 is 0 Å². The summed E-state index contributed by atoms with van der Waals surface area (Å²) >= 11 is 0. The van der Waals surface area contributed by atoms with Crippen LogP contribution < -0.4 is 0 Å². The topological polar surface area (TPSA) is 70.4 Å². The molecule has 96 valence electrons. The van der Waals surface area contributed by atoms with Crippen LogP contribution in [0.4, 0.5) is 0 Å². The zero-order valence-corrected chi connectivity index (χ0v) is 10.9. The van der Waals surface area contributed by atoms with Crippen LogP contribution in [0.2, 0.25) is 0 Å². The Kier molecular flexibility index (Phi) is 3.39. The smallest absolute Gasteiger partial charge is 0.244 e. The molecule has 1 heterocycles. The quantitative estimate of drug-likeness (QED) is 0.818. The van der Waals surface area contributed by atoms with Crippen molar-refractivity contribution in [2.24, 2.45) is 0 Å². The fourth-order valence-electron chi connectivity index (χ4n) is 1.94. The maximum atomic E-state index is 12.4. The number of hydrogen-bond donors (Lipinski definition) is 0. The van der Waals surface area contributed by atoms with E-state index in [0.717, 1.165) is 4.31 Å². The average Bonchev–Trinajstić information content (AvgIpc) is 2.88. The predicted molar refractivity (Wildman–Crippen MR) is 65.2 cm³/mol. The van der Waals surface area contributed by atoms with Crippen molar-refractivity contribution in [3.63, 3.8) is 0 Å². The number of rotatable bonds is 3. The SMILES string of the molecule is CN([C@]1(C#N)CCOC1)S(=O)(=O)c1ccccc1. The zero-order valence-electron chi connectivity index (χ0n) is 10.0. The van der Waals surface area contributed by atoms with Gasteiger partial charge in [-0.3, -0.25) is 0 Å². The van der Waals surface area contributed by atoms with Gasteiger partial charge in [-0.15, -0.1) is 0 Å². The van der Waals surface area contributed by atoms with E-state index in [1.807, 2.05) is 0 Å². The average molecular weight is 266 g/mol. The number of benzene rings is 1. The lowest BCUT2D eigenvalue weighted by Crippen LogP contribution is -2.49. The molecule has 1 fully saturated rings. The second kappa shape index (κ2) is 4.69. The van der Waals surface area contributed by atoms with Crippen LogP contribution in [-0.4, -0.2) is 38.5 Å². The fourth-order valence-corrected chi connectivity index (χ4v) is 3.40. The number of ether oxygens (including phenoxy) is 1. The van der Waals surface area contributed by atoms with Gasteiger partial charge in [0.15, 0.2) is 0 Å². The summed E-state index contributed by atoms with van der Waals surface area (Å²) in [4.78, 5) is 0.189. The largest absolute Gasteiger partial charge is 0.378 e. The van der Waals surface area contributed by atoms with Crippen molar-refractivity contribution >= 4 is 10.0 Å². The van der Waals surface area contributed by atoms with Crippen LogP contribution in [-0.2, 0) is 14.8 Å². The highest BCUT2D eigenvalue weighted by molar-refractivity contribution is 7.89. The molecule has 0 radical (unpaired) electrons. The summed E-state index contributed by atoms with van der Waals surface area (Å²) in [6, 6.07) is 10.2. The van der Waals surface area contributed by atoms with Crippen LogP contribution in [0.25, 0.3) is 0 Å². The van der Waals surface area contributed by atoms with Crippen molar-refractivity contribution in [1.82, 2.24) is 4.31 Å². The molecule has 1 saturated heterocycles. The third-order valence-electron chi connectivity index (χ3n) is 3.21. The lowest BCUT2D eigenvalue weighted by molar-refractivity contribution is 0.162. The first-order valence-electron chi connectivity index (χ1n) is 5.56. The van der Waals surface area contributed by atoms with Crippen LogP contribution in [0.5, 0.6) is 0 Å². The van der Waals surface area contributed by atoms with Crippen molar-refractivity contribution in [2.75, 3.05) is 20.3 Å². The molecule has 0 bridgehead atoms. The van der Waals surface area contributed by atoms with E-state index in [2.05, 4.69) is 6.07 Å². The molecule has 2 rings (SSSR count). The normalized spacial score (nSPS) is 24.1. The minimum Gasteiger partial charge on any atom is -0.378 e. The van der Waals surface area contributed by atoms with Gasteiger partial charge in [-0.1, -0.05) is 18.2 Å². The molecule has 0 aromatic heterocycles. The van der Waals surface area contributed by atoms with E-state index < -0.39 is 15.6 Å². The highest BCUT2D eigenvalue weighted by Crippen LogP contribution is 2.29. The number of likely N-dealkylation sites (N-methyl/N-ethyl adjacent to an activating group) is 1. The molecule has 0 saturated carbocycles. The summed E-state index contributed by atoms with van der Waals surface area (Å²) in [5, 5.41) is 9.26. The molecular formula is C12H14N2O3S. The van der Waals surface area contributed by atoms with E-state index in [0.29, 0.717) is 13.0 Å². The maximum absolute atomic E-state index is 12.4. The lowest BCUT2D eigenvalue weighted by atomic mass is 10.0. The molecule has 18 heavy (non-hydrogen) atoms. The van der Waals surface area contributed by atoms with Crippen LogP contribution in [0.3, 0.4) is 0 Å². The van der Waals surface area contributed by atoms with E-state index in [-0.39, 0.29) is 11.5 Å². The molecule has 0 aliphatic carbocycles.